The smallest absolute Gasteiger partial charge is 0.255 e. The fourth-order valence-corrected chi connectivity index (χ4v) is 2.92. The van der Waals surface area contributed by atoms with Gasteiger partial charge in [0.15, 0.2) is 5.82 Å². The van der Waals surface area contributed by atoms with Crippen LogP contribution in [0, 0.1) is 0 Å². The van der Waals surface area contributed by atoms with Crippen LogP contribution in [-0.4, -0.2) is 32.6 Å². The molecule has 0 saturated heterocycles. The third-order valence-electron chi connectivity index (χ3n) is 4.00. The van der Waals surface area contributed by atoms with Gasteiger partial charge in [0.1, 0.15) is 5.75 Å². The van der Waals surface area contributed by atoms with E-state index >= 15 is 0 Å². The van der Waals surface area contributed by atoms with E-state index in [0.717, 1.165) is 5.56 Å². The first-order valence-corrected chi connectivity index (χ1v) is 8.44. The molecule has 2 aromatic heterocycles. The number of fused-ring (bicyclic) bond motifs is 1. The first kappa shape index (κ1) is 17.0. The number of halogens is 1. The third kappa shape index (κ3) is 3.32. The first-order chi connectivity index (χ1) is 13.2. The van der Waals surface area contributed by atoms with Gasteiger partial charge in [-0.25, -0.2) is 4.98 Å². The van der Waals surface area contributed by atoms with Crippen molar-refractivity contribution in [2.75, 3.05) is 12.4 Å². The number of methoxy groups -OCH3 is 1. The summed E-state index contributed by atoms with van der Waals surface area (Å²) in [6.07, 6.45) is 3.50. The molecule has 2 heterocycles. The monoisotopic (exact) mass is 379 g/mol. The Morgan fingerprint density at radius 3 is 2.70 bits per heavy atom. The number of rotatable bonds is 4. The van der Waals surface area contributed by atoms with Gasteiger partial charge in [0, 0.05) is 29.2 Å². The second kappa shape index (κ2) is 7.05. The topological polar surface area (TPSA) is 81.4 Å². The van der Waals surface area contributed by atoms with E-state index < -0.39 is 0 Å². The summed E-state index contributed by atoms with van der Waals surface area (Å²) < 4.78 is 6.89. The Labute approximate surface area is 159 Å². The molecule has 0 aliphatic heterocycles. The van der Waals surface area contributed by atoms with Crippen molar-refractivity contribution >= 4 is 29.0 Å². The molecule has 134 valence electrons. The summed E-state index contributed by atoms with van der Waals surface area (Å²) in [6.45, 7) is 0. The van der Waals surface area contributed by atoms with E-state index in [1.807, 2.05) is 24.4 Å². The van der Waals surface area contributed by atoms with Crippen LogP contribution < -0.4 is 10.1 Å². The van der Waals surface area contributed by atoms with Crippen molar-refractivity contribution in [2.24, 2.45) is 0 Å². The van der Waals surface area contributed by atoms with Crippen molar-refractivity contribution in [2.45, 2.75) is 0 Å². The minimum Gasteiger partial charge on any atom is -0.495 e. The first-order valence-electron chi connectivity index (χ1n) is 8.07. The Kier molecular flexibility index (Phi) is 4.43. The average Bonchev–Trinajstić information content (AvgIpc) is 3.12. The number of carbonyl (C=O) groups excluding carboxylic acids is 1. The standard InChI is InChI=1S/C19H14ClN5O2/c1-27-16-8-7-14(11-15(16)20)22-18(26)13-5-3-12(4-6-13)17-23-24-19-21-9-2-10-25(17)19/h2-11H,1H3,(H,22,26). The molecule has 4 rings (SSSR count). The molecular weight excluding hydrogens is 366 g/mol. The molecule has 0 spiro atoms. The van der Waals surface area contributed by atoms with E-state index in [0.29, 0.717) is 33.6 Å². The van der Waals surface area contributed by atoms with Gasteiger partial charge in [-0.1, -0.05) is 23.7 Å². The van der Waals surface area contributed by atoms with Crippen LogP contribution in [0.15, 0.2) is 60.9 Å². The number of aromatic nitrogens is 4. The van der Waals surface area contributed by atoms with Gasteiger partial charge in [0.2, 0.25) is 0 Å². The number of ether oxygens (including phenoxy) is 1. The maximum atomic E-state index is 12.5. The zero-order valence-electron chi connectivity index (χ0n) is 14.3. The highest BCUT2D eigenvalue weighted by molar-refractivity contribution is 6.32. The van der Waals surface area contributed by atoms with Crippen molar-refractivity contribution in [1.82, 2.24) is 19.6 Å². The summed E-state index contributed by atoms with van der Waals surface area (Å²) in [5, 5.41) is 11.4. The second-order valence-corrected chi connectivity index (χ2v) is 6.10. The number of hydrogen-bond donors (Lipinski definition) is 1. The Morgan fingerprint density at radius 1 is 1.15 bits per heavy atom. The third-order valence-corrected chi connectivity index (χ3v) is 4.30. The van der Waals surface area contributed by atoms with Crippen molar-refractivity contribution in [3.8, 4) is 17.1 Å². The molecule has 0 unspecified atom stereocenters. The van der Waals surface area contributed by atoms with Crippen LogP contribution in [0.4, 0.5) is 5.69 Å². The zero-order valence-corrected chi connectivity index (χ0v) is 15.0. The normalized spacial score (nSPS) is 10.7. The Morgan fingerprint density at radius 2 is 1.96 bits per heavy atom. The van der Waals surface area contributed by atoms with Gasteiger partial charge in [-0.3, -0.25) is 9.20 Å². The van der Waals surface area contributed by atoms with Gasteiger partial charge in [0.05, 0.1) is 12.1 Å². The summed E-state index contributed by atoms with van der Waals surface area (Å²) in [5.74, 6) is 1.49. The lowest BCUT2D eigenvalue weighted by molar-refractivity contribution is 0.102. The molecule has 0 atom stereocenters. The van der Waals surface area contributed by atoms with Crippen molar-refractivity contribution in [3.63, 3.8) is 0 Å². The van der Waals surface area contributed by atoms with Gasteiger partial charge >= 0.3 is 0 Å². The number of carbonyl (C=O) groups is 1. The fourth-order valence-electron chi connectivity index (χ4n) is 2.66. The van der Waals surface area contributed by atoms with Crippen molar-refractivity contribution < 1.29 is 9.53 Å². The average molecular weight is 380 g/mol. The maximum Gasteiger partial charge on any atom is 0.255 e. The van der Waals surface area contributed by atoms with E-state index in [4.69, 9.17) is 16.3 Å². The fraction of sp³-hybridized carbons (Fsp3) is 0.0526. The van der Waals surface area contributed by atoms with Crippen LogP contribution in [-0.2, 0) is 0 Å². The molecule has 7 nitrogen and oxygen atoms in total. The van der Waals surface area contributed by atoms with E-state index in [-0.39, 0.29) is 5.91 Å². The minimum absolute atomic E-state index is 0.240. The lowest BCUT2D eigenvalue weighted by Gasteiger charge is -2.08. The molecule has 0 aliphatic carbocycles. The van der Waals surface area contributed by atoms with Gasteiger partial charge in [-0.15, -0.1) is 10.2 Å². The highest BCUT2D eigenvalue weighted by atomic mass is 35.5. The number of hydrogen-bond acceptors (Lipinski definition) is 5. The molecule has 0 saturated carbocycles. The molecule has 8 heteroatoms. The van der Waals surface area contributed by atoms with Crippen LogP contribution in [0.1, 0.15) is 10.4 Å². The highest BCUT2D eigenvalue weighted by Gasteiger charge is 2.11. The van der Waals surface area contributed by atoms with Gasteiger partial charge < -0.3 is 10.1 Å². The summed E-state index contributed by atoms with van der Waals surface area (Å²) >= 11 is 6.09. The molecule has 0 radical (unpaired) electrons. The summed E-state index contributed by atoms with van der Waals surface area (Å²) in [5.41, 5.74) is 1.93. The van der Waals surface area contributed by atoms with E-state index in [1.165, 1.54) is 7.11 Å². The highest BCUT2D eigenvalue weighted by Crippen LogP contribution is 2.27. The number of nitrogens with zero attached hydrogens (tertiary/aromatic N) is 4. The maximum absolute atomic E-state index is 12.5. The largest absolute Gasteiger partial charge is 0.495 e. The summed E-state index contributed by atoms with van der Waals surface area (Å²) in [4.78, 5) is 16.6. The second-order valence-electron chi connectivity index (χ2n) is 5.69. The van der Waals surface area contributed by atoms with Crippen molar-refractivity contribution in [1.29, 1.82) is 0 Å². The molecule has 0 aliphatic rings. The Hall–Kier alpha value is -3.45. The molecule has 1 amide bonds. The number of amides is 1. The van der Waals surface area contributed by atoms with Crippen LogP contribution in [0.5, 0.6) is 5.75 Å². The zero-order chi connectivity index (χ0) is 18.8. The van der Waals surface area contributed by atoms with E-state index in [2.05, 4.69) is 20.5 Å². The number of benzene rings is 2. The van der Waals surface area contributed by atoms with Crippen LogP contribution in [0.2, 0.25) is 5.02 Å². The quantitative estimate of drug-likeness (QED) is 0.584. The van der Waals surface area contributed by atoms with Gasteiger partial charge in [0.25, 0.3) is 11.7 Å². The lowest BCUT2D eigenvalue weighted by Crippen LogP contribution is -2.11. The van der Waals surface area contributed by atoms with Crippen LogP contribution in [0.25, 0.3) is 17.2 Å². The molecule has 0 fully saturated rings. The van der Waals surface area contributed by atoms with Gasteiger partial charge in [-0.2, -0.15) is 0 Å². The minimum atomic E-state index is -0.240. The lowest BCUT2D eigenvalue weighted by atomic mass is 10.1. The van der Waals surface area contributed by atoms with Crippen LogP contribution >= 0.6 is 11.6 Å². The van der Waals surface area contributed by atoms with Crippen LogP contribution in [0.3, 0.4) is 0 Å². The summed E-state index contributed by atoms with van der Waals surface area (Å²) in [6, 6.07) is 14.0. The van der Waals surface area contributed by atoms with Gasteiger partial charge in [-0.05, 0) is 36.4 Å². The predicted octanol–water partition coefficient (Wildman–Crippen LogP) is 3.71. The molecule has 2 aromatic carbocycles. The Balaban J connectivity index is 1.55. The molecule has 27 heavy (non-hydrogen) atoms. The van der Waals surface area contributed by atoms with E-state index in [9.17, 15) is 4.79 Å². The van der Waals surface area contributed by atoms with E-state index in [1.54, 1.807) is 40.9 Å². The SMILES string of the molecule is COc1ccc(NC(=O)c2ccc(-c3nnc4ncccn34)cc2)cc1Cl. The number of anilines is 1. The molecule has 1 N–H and O–H groups in total. The summed E-state index contributed by atoms with van der Waals surface area (Å²) in [7, 11) is 1.54. The molecular formula is C19H14ClN5O2. The predicted molar refractivity (Wildman–Crippen MR) is 102 cm³/mol. The Bertz CT molecular complexity index is 1120. The number of nitrogens with one attached hydrogen (secondary N) is 1. The molecule has 0 bridgehead atoms. The molecule has 4 aromatic rings. The van der Waals surface area contributed by atoms with Crippen molar-refractivity contribution in [3.05, 3.63) is 71.5 Å².